The van der Waals surface area contributed by atoms with Crippen molar-refractivity contribution in [1.82, 2.24) is 10.2 Å². The molecule has 1 N–H and O–H groups in total. The van der Waals surface area contributed by atoms with E-state index in [9.17, 15) is 14.4 Å². The van der Waals surface area contributed by atoms with Crippen LogP contribution in [0.4, 0.5) is 4.79 Å². The molecule has 1 unspecified atom stereocenters. The molecular weight excluding hydrogens is 444 g/mol. The summed E-state index contributed by atoms with van der Waals surface area (Å²) in [6, 6.07) is -0.212. The second kappa shape index (κ2) is 9.50. The number of nitrogens with zero attached hydrogens (tertiary/aromatic N) is 1. The zero-order chi connectivity index (χ0) is 23.8. The van der Waals surface area contributed by atoms with E-state index in [1.165, 1.54) is 11.8 Å². The maximum Gasteiger partial charge on any atom is 0.410 e. The molecule has 0 aromatic carbocycles. The van der Waals surface area contributed by atoms with Crippen molar-refractivity contribution < 1.29 is 23.5 Å². The Morgan fingerprint density at radius 3 is 2.66 bits per heavy atom. The fourth-order valence-corrected chi connectivity index (χ4v) is 7.66. The lowest BCUT2D eigenvalue weighted by atomic mass is 9.76. The maximum absolute atomic E-state index is 13.0. The SMILES string of the molecule is C=CCOC(=O)N1CCC[C@H]1C1C[C@H]([C@H]2NC(=O)[C@@H]2[C@@H](C)O[Si](C)(C)C(C)(C)C)C(=O)S1. The Morgan fingerprint density at radius 2 is 2.06 bits per heavy atom. The maximum atomic E-state index is 13.0. The highest BCUT2D eigenvalue weighted by atomic mass is 32.2. The standard InChI is InChI=1S/C23H38N2O5SSi/c1-8-12-29-22(28)25-11-9-10-16(25)17-13-15(21(27)31-17)19-18(20(26)24-19)14(2)30-32(6,7)23(3,4)5/h8,14-19H,1,9-13H2,2-7H3,(H,24,26)/t14-,15-,16+,17?,18-,19-/m1/s1. The van der Waals surface area contributed by atoms with Crippen LogP contribution in [0.5, 0.6) is 0 Å². The topological polar surface area (TPSA) is 84.9 Å². The monoisotopic (exact) mass is 482 g/mol. The molecule has 0 radical (unpaired) electrons. The van der Waals surface area contributed by atoms with Crippen LogP contribution in [0, 0.1) is 11.8 Å². The van der Waals surface area contributed by atoms with Gasteiger partial charge in [0.25, 0.3) is 0 Å². The first kappa shape index (κ1) is 25.3. The summed E-state index contributed by atoms with van der Waals surface area (Å²) in [6.45, 7) is 17.3. The molecule has 32 heavy (non-hydrogen) atoms. The molecule has 0 spiro atoms. The summed E-state index contributed by atoms with van der Waals surface area (Å²) in [4.78, 5) is 39.7. The van der Waals surface area contributed by atoms with Crippen LogP contribution in [-0.4, -0.2) is 66.9 Å². The summed E-state index contributed by atoms with van der Waals surface area (Å²) in [5, 5.41) is 3.17. The Hall–Kier alpha value is -1.32. The number of carbonyl (C=O) groups excluding carboxylic acids is 3. The van der Waals surface area contributed by atoms with Crippen LogP contribution in [0.1, 0.15) is 47.0 Å². The molecule has 180 valence electrons. The van der Waals surface area contributed by atoms with Gasteiger partial charge in [-0.2, -0.15) is 0 Å². The summed E-state index contributed by atoms with van der Waals surface area (Å²) in [5.74, 6) is -0.586. The molecule has 3 saturated heterocycles. The Kier molecular flexibility index (Phi) is 7.51. The van der Waals surface area contributed by atoms with E-state index < -0.39 is 8.32 Å². The summed E-state index contributed by atoms with van der Waals surface area (Å²) in [7, 11) is -2.03. The molecule has 3 heterocycles. The summed E-state index contributed by atoms with van der Waals surface area (Å²) >= 11 is 1.33. The molecule has 0 saturated carbocycles. The smallest absolute Gasteiger partial charge is 0.410 e. The number of carbonyl (C=O) groups is 3. The molecule has 6 atom stereocenters. The van der Waals surface area contributed by atoms with Gasteiger partial charge in [0.1, 0.15) is 6.61 Å². The third kappa shape index (κ3) is 4.94. The molecule has 0 aromatic rings. The highest BCUT2D eigenvalue weighted by molar-refractivity contribution is 8.14. The summed E-state index contributed by atoms with van der Waals surface area (Å²) < 4.78 is 11.7. The fourth-order valence-electron chi connectivity index (χ4n) is 4.77. The minimum absolute atomic E-state index is 0.0126. The van der Waals surface area contributed by atoms with Gasteiger partial charge in [0.05, 0.1) is 24.0 Å². The Morgan fingerprint density at radius 1 is 1.38 bits per heavy atom. The number of rotatable bonds is 7. The van der Waals surface area contributed by atoms with E-state index in [0.717, 1.165) is 12.8 Å². The van der Waals surface area contributed by atoms with Gasteiger partial charge < -0.3 is 19.4 Å². The lowest BCUT2D eigenvalue weighted by Crippen LogP contribution is -2.66. The van der Waals surface area contributed by atoms with Crippen molar-refractivity contribution in [1.29, 1.82) is 0 Å². The molecule has 0 aromatic heterocycles. The average Bonchev–Trinajstić information content (AvgIpc) is 3.29. The molecule has 3 aliphatic rings. The lowest BCUT2D eigenvalue weighted by molar-refractivity contribution is -0.143. The highest BCUT2D eigenvalue weighted by Crippen LogP contribution is 2.45. The molecule has 3 fully saturated rings. The first-order valence-corrected chi connectivity index (χ1v) is 15.4. The zero-order valence-corrected chi connectivity index (χ0v) is 22.0. The van der Waals surface area contributed by atoms with E-state index in [-0.39, 0.29) is 64.0 Å². The number of thioether (sulfide) groups is 1. The van der Waals surface area contributed by atoms with Gasteiger partial charge in [-0.3, -0.25) is 9.59 Å². The fraction of sp³-hybridized carbons (Fsp3) is 0.783. The summed E-state index contributed by atoms with van der Waals surface area (Å²) in [6.07, 6.45) is 3.42. The van der Waals surface area contributed by atoms with Gasteiger partial charge in [-0.1, -0.05) is 45.2 Å². The van der Waals surface area contributed by atoms with Crippen molar-refractivity contribution in [3.63, 3.8) is 0 Å². The average molecular weight is 483 g/mol. The second-order valence-corrected chi connectivity index (χ2v) is 16.7. The number of nitrogens with one attached hydrogen (secondary N) is 1. The van der Waals surface area contributed by atoms with Crippen LogP contribution >= 0.6 is 11.8 Å². The second-order valence-electron chi connectivity index (χ2n) is 10.7. The van der Waals surface area contributed by atoms with Crippen LogP contribution in [-0.2, 0) is 18.8 Å². The van der Waals surface area contributed by atoms with E-state index in [1.54, 1.807) is 11.0 Å². The largest absolute Gasteiger partial charge is 0.445 e. The number of ether oxygens (including phenoxy) is 1. The zero-order valence-electron chi connectivity index (χ0n) is 20.2. The van der Waals surface area contributed by atoms with Gasteiger partial charge in [0.15, 0.2) is 13.4 Å². The van der Waals surface area contributed by atoms with Crippen LogP contribution in [0.3, 0.4) is 0 Å². The molecule has 0 aliphatic carbocycles. The van der Waals surface area contributed by atoms with Gasteiger partial charge in [0, 0.05) is 17.8 Å². The molecule has 3 aliphatic heterocycles. The first-order chi connectivity index (χ1) is 14.9. The van der Waals surface area contributed by atoms with Gasteiger partial charge in [-0.25, -0.2) is 4.79 Å². The Bertz CT molecular complexity index is 768. The van der Waals surface area contributed by atoms with Crippen molar-refractivity contribution in [3.05, 3.63) is 12.7 Å². The van der Waals surface area contributed by atoms with Crippen LogP contribution in [0.2, 0.25) is 18.1 Å². The lowest BCUT2D eigenvalue weighted by Gasteiger charge is -2.46. The molecule has 3 rings (SSSR count). The van der Waals surface area contributed by atoms with Gasteiger partial charge in [-0.15, -0.1) is 0 Å². The Labute approximate surface area is 197 Å². The van der Waals surface area contributed by atoms with Gasteiger partial charge in [0.2, 0.25) is 5.91 Å². The third-order valence-corrected chi connectivity index (χ3v) is 13.5. The minimum Gasteiger partial charge on any atom is -0.445 e. The van der Waals surface area contributed by atoms with Crippen molar-refractivity contribution >= 4 is 37.2 Å². The third-order valence-electron chi connectivity index (χ3n) is 7.57. The number of amides is 2. The van der Waals surface area contributed by atoms with E-state index >= 15 is 0 Å². The van der Waals surface area contributed by atoms with Crippen LogP contribution < -0.4 is 5.32 Å². The number of hydrogen-bond acceptors (Lipinski definition) is 6. The number of hydrogen-bond donors (Lipinski definition) is 1. The minimum atomic E-state index is -2.03. The molecule has 9 heteroatoms. The van der Waals surface area contributed by atoms with E-state index in [0.29, 0.717) is 13.0 Å². The molecule has 0 bridgehead atoms. The van der Waals surface area contributed by atoms with E-state index in [2.05, 4.69) is 45.8 Å². The van der Waals surface area contributed by atoms with E-state index in [1.807, 2.05) is 6.92 Å². The van der Waals surface area contributed by atoms with E-state index in [4.69, 9.17) is 9.16 Å². The molecular formula is C23H38N2O5SSi. The molecule has 2 amide bonds. The molecule has 7 nitrogen and oxygen atoms in total. The van der Waals surface area contributed by atoms with Crippen molar-refractivity contribution in [3.8, 4) is 0 Å². The quantitative estimate of drug-likeness (QED) is 0.336. The predicted octanol–water partition coefficient (Wildman–Crippen LogP) is 3.95. The summed E-state index contributed by atoms with van der Waals surface area (Å²) in [5.41, 5.74) is 0. The van der Waals surface area contributed by atoms with Gasteiger partial charge >= 0.3 is 6.09 Å². The van der Waals surface area contributed by atoms with Crippen molar-refractivity contribution in [2.75, 3.05) is 13.2 Å². The number of likely N-dealkylation sites (tertiary alicyclic amines) is 1. The predicted molar refractivity (Wildman–Crippen MR) is 129 cm³/mol. The number of β-lactam (4-membered cyclic amide) rings is 1. The van der Waals surface area contributed by atoms with Crippen molar-refractivity contribution in [2.24, 2.45) is 11.8 Å². The normalized spacial score (nSPS) is 31.8. The van der Waals surface area contributed by atoms with Crippen LogP contribution in [0.25, 0.3) is 0 Å². The highest BCUT2D eigenvalue weighted by Gasteiger charge is 2.55. The van der Waals surface area contributed by atoms with Crippen molar-refractivity contribution in [2.45, 2.75) is 88.5 Å². The van der Waals surface area contributed by atoms with Crippen LogP contribution in [0.15, 0.2) is 12.7 Å². The first-order valence-electron chi connectivity index (χ1n) is 11.6. The van der Waals surface area contributed by atoms with Gasteiger partial charge in [-0.05, 0) is 44.3 Å². The Balaban J connectivity index is 1.66.